The molecule has 0 atom stereocenters. The van der Waals surface area contributed by atoms with Gasteiger partial charge in [0.15, 0.2) is 11.5 Å². The summed E-state index contributed by atoms with van der Waals surface area (Å²) in [5.74, 6) is 0.226. The minimum Gasteiger partial charge on any atom is -0.394 e. The van der Waals surface area contributed by atoms with E-state index in [2.05, 4.69) is 28.1 Å². The molecule has 1 rings (SSSR count). The number of nitrogens with two attached hydrogens (primary N) is 1. The van der Waals surface area contributed by atoms with Gasteiger partial charge >= 0.3 is 0 Å². The molecule has 0 fully saturated rings. The number of anilines is 1. The van der Waals surface area contributed by atoms with Crippen LogP contribution in [0.5, 0.6) is 0 Å². The average molecular weight is 418 g/mol. The van der Waals surface area contributed by atoms with Crippen LogP contribution in [0.3, 0.4) is 0 Å². The second-order valence-electron chi connectivity index (χ2n) is 9.91. The molecule has 0 radical (unpaired) electrons. The molecule has 3 heteroatoms. The summed E-state index contributed by atoms with van der Waals surface area (Å²) in [6, 6.07) is 5.78. The summed E-state index contributed by atoms with van der Waals surface area (Å²) < 4.78 is 0.666. The quantitative estimate of drug-likeness (QED) is 0.114. The first-order valence-electron chi connectivity index (χ1n) is 12.6. The van der Waals surface area contributed by atoms with E-state index in [-0.39, 0.29) is 5.78 Å². The van der Waals surface area contributed by atoms with Crippen molar-refractivity contribution >= 4 is 17.2 Å². The summed E-state index contributed by atoms with van der Waals surface area (Å²) in [5.41, 5.74) is 8.69. The van der Waals surface area contributed by atoms with Gasteiger partial charge in [0, 0.05) is 18.1 Å². The van der Waals surface area contributed by atoms with Gasteiger partial charge in [0.05, 0.1) is 26.8 Å². The van der Waals surface area contributed by atoms with Crippen LogP contribution in [0.15, 0.2) is 18.2 Å². The van der Waals surface area contributed by atoms with Gasteiger partial charge in [-0.15, -0.1) is 0 Å². The first-order chi connectivity index (χ1) is 14.4. The van der Waals surface area contributed by atoms with Crippen molar-refractivity contribution in [1.29, 1.82) is 0 Å². The van der Waals surface area contributed by atoms with Gasteiger partial charge in [-0.05, 0) is 18.6 Å². The first-order valence-corrected chi connectivity index (χ1v) is 12.6. The van der Waals surface area contributed by atoms with Crippen molar-refractivity contribution in [2.24, 2.45) is 0 Å². The van der Waals surface area contributed by atoms with E-state index in [9.17, 15) is 4.79 Å². The highest BCUT2D eigenvalue weighted by molar-refractivity contribution is 5.97. The number of nitrogen functional groups attached to an aromatic ring is 1. The van der Waals surface area contributed by atoms with Crippen molar-refractivity contribution in [3.8, 4) is 0 Å². The van der Waals surface area contributed by atoms with E-state index in [1.54, 1.807) is 0 Å². The fourth-order valence-electron chi connectivity index (χ4n) is 4.14. The highest BCUT2D eigenvalue weighted by atomic mass is 16.1. The molecule has 0 unspecified atom stereocenters. The molecule has 30 heavy (non-hydrogen) atoms. The number of ketones is 1. The lowest BCUT2D eigenvalue weighted by molar-refractivity contribution is 0.0979. The van der Waals surface area contributed by atoms with Crippen molar-refractivity contribution in [1.82, 2.24) is 4.48 Å². The molecular formula is C27H49N2O+. The molecule has 172 valence electrons. The highest BCUT2D eigenvalue weighted by Gasteiger charge is 2.17. The number of Topliss-reactive ketones (excluding diaryl/α,β-unsaturated/α-hetero) is 1. The van der Waals surface area contributed by atoms with E-state index >= 15 is 0 Å². The van der Waals surface area contributed by atoms with Crippen LogP contribution < -0.4 is 10.2 Å². The standard InChI is InChI=1S/C27H49N2O/c1-5-6-7-8-9-10-11-12-13-14-15-16-17-18-19-20-27(30)24-21-22-26(25(28)23-24)29(2,3)4/h21-23H,5-20,28H2,1-4H3/q+1. The number of rotatable bonds is 18. The Morgan fingerprint density at radius 2 is 1.17 bits per heavy atom. The molecule has 0 saturated heterocycles. The van der Waals surface area contributed by atoms with Crippen molar-refractivity contribution in [2.45, 2.75) is 110 Å². The molecular weight excluding hydrogens is 368 g/mol. The second kappa shape index (κ2) is 15.5. The molecule has 1 aromatic rings. The number of hydrogen-bond acceptors (Lipinski definition) is 2. The van der Waals surface area contributed by atoms with E-state index < -0.39 is 0 Å². The molecule has 0 amide bonds. The predicted octanol–water partition coefficient (Wildman–Crippen LogP) is 7.91. The zero-order valence-electron chi connectivity index (χ0n) is 20.5. The number of hydrogen-bond donors (Lipinski definition) is 1. The van der Waals surface area contributed by atoms with E-state index in [4.69, 9.17) is 5.73 Å². The fourth-order valence-corrected chi connectivity index (χ4v) is 4.14. The smallest absolute Gasteiger partial charge is 0.162 e. The van der Waals surface area contributed by atoms with Gasteiger partial charge in [0.1, 0.15) is 0 Å². The van der Waals surface area contributed by atoms with Crippen LogP contribution in [0.2, 0.25) is 0 Å². The maximum atomic E-state index is 12.4. The highest BCUT2D eigenvalue weighted by Crippen LogP contribution is 2.27. The fraction of sp³-hybridized carbons (Fsp3) is 0.741. The number of carbonyl (C=O) groups is 1. The van der Waals surface area contributed by atoms with E-state index in [0.717, 1.165) is 24.1 Å². The van der Waals surface area contributed by atoms with Crippen LogP contribution in [0.4, 0.5) is 11.4 Å². The van der Waals surface area contributed by atoms with Crippen molar-refractivity contribution in [3.05, 3.63) is 23.8 Å². The number of nitrogens with zero attached hydrogens (tertiary/aromatic N) is 1. The Morgan fingerprint density at radius 1 is 0.733 bits per heavy atom. The molecule has 0 spiro atoms. The third-order valence-corrected chi connectivity index (χ3v) is 6.08. The number of carbonyl (C=O) groups excluding carboxylic acids is 1. The lowest BCUT2D eigenvalue weighted by Crippen LogP contribution is -2.35. The lowest BCUT2D eigenvalue weighted by atomic mass is 10.0. The van der Waals surface area contributed by atoms with Crippen LogP contribution >= 0.6 is 0 Å². The maximum absolute atomic E-state index is 12.4. The van der Waals surface area contributed by atoms with Crippen LogP contribution in [0.25, 0.3) is 0 Å². The maximum Gasteiger partial charge on any atom is 0.162 e. The molecule has 0 aliphatic carbocycles. The normalized spacial score (nSPS) is 11.7. The third kappa shape index (κ3) is 11.7. The monoisotopic (exact) mass is 417 g/mol. The number of benzene rings is 1. The van der Waals surface area contributed by atoms with Crippen LogP contribution in [0.1, 0.15) is 120 Å². The summed E-state index contributed by atoms with van der Waals surface area (Å²) in [7, 11) is 6.26. The molecule has 0 aliphatic rings. The van der Waals surface area contributed by atoms with Gasteiger partial charge < -0.3 is 5.73 Å². The second-order valence-corrected chi connectivity index (χ2v) is 9.91. The van der Waals surface area contributed by atoms with E-state index in [1.165, 1.54) is 83.5 Å². The van der Waals surface area contributed by atoms with Gasteiger partial charge in [-0.2, -0.15) is 0 Å². The Balaban J connectivity index is 2.00. The van der Waals surface area contributed by atoms with E-state index in [1.807, 2.05) is 18.2 Å². The average Bonchev–Trinajstić information content (AvgIpc) is 2.69. The van der Waals surface area contributed by atoms with Gasteiger partial charge in [-0.25, -0.2) is 0 Å². The Labute approximate surface area is 187 Å². The molecule has 0 aliphatic heterocycles. The van der Waals surface area contributed by atoms with Crippen molar-refractivity contribution < 1.29 is 4.79 Å². The minimum atomic E-state index is 0.226. The minimum absolute atomic E-state index is 0.226. The first kappa shape index (κ1) is 26.7. The Hall–Kier alpha value is -1.35. The molecule has 3 nitrogen and oxygen atoms in total. The van der Waals surface area contributed by atoms with Crippen LogP contribution in [-0.2, 0) is 0 Å². The molecule has 0 aromatic heterocycles. The molecule has 0 saturated carbocycles. The van der Waals surface area contributed by atoms with Crippen molar-refractivity contribution in [2.75, 3.05) is 26.9 Å². The van der Waals surface area contributed by atoms with Crippen LogP contribution in [-0.4, -0.2) is 26.9 Å². The number of quaternary nitrogens is 1. The Bertz CT molecular complexity index is 589. The topological polar surface area (TPSA) is 43.1 Å². The summed E-state index contributed by atoms with van der Waals surface area (Å²) in [4.78, 5) is 12.4. The summed E-state index contributed by atoms with van der Waals surface area (Å²) in [5, 5.41) is 0. The van der Waals surface area contributed by atoms with Gasteiger partial charge in [0.2, 0.25) is 0 Å². The van der Waals surface area contributed by atoms with Gasteiger partial charge in [-0.3, -0.25) is 9.28 Å². The van der Waals surface area contributed by atoms with Crippen LogP contribution in [0, 0.1) is 0 Å². The SMILES string of the molecule is CCCCCCCCCCCCCCCCCC(=O)c1ccc([N+](C)(C)C)c(N)c1. The predicted molar refractivity (Wildman–Crippen MR) is 134 cm³/mol. The zero-order chi connectivity index (χ0) is 22.2. The zero-order valence-corrected chi connectivity index (χ0v) is 20.5. The Kier molecular flexibility index (Phi) is 13.7. The van der Waals surface area contributed by atoms with Gasteiger partial charge in [0.25, 0.3) is 0 Å². The molecule has 2 N–H and O–H groups in total. The molecule has 0 heterocycles. The summed E-state index contributed by atoms with van der Waals surface area (Å²) >= 11 is 0. The number of unbranched alkanes of at least 4 members (excludes halogenated alkanes) is 14. The summed E-state index contributed by atoms with van der Waals surface area (Å²) in [6.45, 7) is 2.28. The van der Waals surface area contributed by atoms with E-state index in [0.29, 0.717) is 16.6 Å². The lowest BCUT2D eigenvalue weighted by Gasteiger charge is -2.25. The molecule has 0 bridgehead atoms. The van der Waals surface area contributed by atoms with Crippen molar-refractivity contribution in [3.63, 3.8) is 0 Å². The van der Waals surface area contributed by atoms with Gasteiger partial charge in [-0.1, -0.05) is 96.8 Å². The Morgan fingerprint density at radius 3 is 1.57 bits per heavy atom. The largest absolute Gasteiger partial charge is 0.394 e. The summed E-state index contributed by atoms with van der Waals surface area (Å²) in [6.07, 6.45) is 20.8. The molecule has 1 aromatic carbocycles. The third-order valence-electron chi connectivity index (χ3n) is 6.08.